The van der Waals surface area contributed by atoms with E-state index in [1.807, 2.05) is 0 Å². The number of carboxylic acids is 1. The number of thiazole rings is 1. The number of anilines is 1. The lowest BCUT2D eigenvalue weighted by Crippen LogP contribution is -2.33. The van der Waals surface area contributed by atoms with Crippen molar-refractivity contribution in [2.45, 2.75) is 0 Å². The molecule has 0 aliphatic carbocycles. The number of carbonyl (C=O) groups is 2. The summed E-state index contributed by atoms with van der Waals surface area (Å²) in [6.07, 6.45) is 0. The molecule has 1 aromatic heterocycles. The summed E-state index contributed by atoms with van der Waals surface area (Å²) in [7, 11) is 0. The van der Waals surface area contributed by atoms with Gasteiger partial charge in [-0.3, -0.25) is 10.1 Å². The van der Waals surface area contributed by atoms with Crippen LogP contribution in [0.15, 0.2) is 18.2 Å². The molecule has 3 N–H and O–H groups in total. The zero-order valence-corrected chi connectivity index (χ0v) is 10.5. The summed E-state index contributed by atoms with van der Waals surface area (Å²) >= 11 is 7.09. The Kier molecular flexibility index (Phi) is 3.63. The van der Waals surface area contributed by atoms with Gasteiger partial charge in [0.15, 0.2) is 5.13 Å². The highest BCUT2D eigenvalue weighted by Crippen LogP contribution is 2.28. The van der Waals surface area contributed by atoms with Gasteiger partial charge in [-0.2, -0.15) is 0 Å². The van der Waals surface area contributed by atoms with E-state index < -0.39 is 18.5 Å². The number of amides is 2. The lowest BCUT2D eigenvalue weighted by Gasteiger charge is -2.01. The summed E-state index contributed by atoms with van der Waals surface area (Å²) in [6, 6.07) is 4.59. The van der Waals surface area contributed by atoms with Crippen LogP contribution in [0.4, 0.5) is 9.93 Å². The van der Waals surface area contributed by atoms with E-state index in [9.17, 15) is 9.59 Å². The Hall–Kier alpha value is -1.86. The Morgan fingerprint density at radius 3 is 2.94 bits per heavy atom. The third-order valence-corrected chi connectivity index (χ3v) is 3.14. The van der Waals surface area contributed by atoms with Crippen LogP contribution in [-0.4, -0.2) is 28.6 Å². The number of hydrogen-bond acceptors (Lipinski definition) is 4. The fourth-order valence-electron chi connectivity index (χ4n) is 1.25. The van der Waals surface area contributed by atoms with Crippen molar-refractivity contribution in [2.75, 3.05) is 11.9 Å². The Morgan fingerprint density at radius 1 is 1.44 bits per heavy atom. The summed E-state index contributed by atoms with van der Waals surface area (Å²) in [5, 5.41) is 14.0. The number of rotatable bonds is 3. The van der Waals surface area contributed by atoms with Crippen LogP contribution in [0.25, 0.3) is 10.2 Å². The van der Waals surface area contributed by atoms with Gasteiger partial charge in [0.25, 0.3) is 0 Å². The van der Waals surface area contributed by atoms with Crippen molar-refractivity contribution in [2.24, 2.45) is 0 Å². The Bertz CT molecular complexity index is 613. The van der Waals surface area contributed by atoms with Gasteiger partial charge in [0.05, 0.1) is 10.2 Å². The van der Waals surface area contributed by atoms with Crippen molar-refractivity contribution in [1.29, 1.82) is 0 Å². The predicted molar refractivity (Wildman–Crippen MR) is 69.3 cm³/mol. The smallest absolute Gasteiger partial charge is 0.323 e. The second-order valence-electron chi connectivity index (χ2n) is 3.33. The number of halogens is 1. The van der Waals surface area contributed by atoms with E-state index in [1.165, 1.54) is 11.3 Å². The van der Waals surface area contributed by atoms with Crippen LogP contribution in [0, 0.1) is 0 Å². The van der Waals surface area contributed by atoms with Gasteiger partial charge in [0.1, 0.15) is 6.54 Å². The number of carbonyl (C=O) groups excluding carboxylic acids is 1. The number of urea groups is 1. The largest absolute Gasteiger partial charge is 0.480 e. The van der Waals surface area contributed by atoms with Gasteiger partial charge in [0, 0.05) is 5.02 Å². The minimum Gasteiger partial charge on any atom is -0.480 e. The molecule has 0 unspecified atom stereocenters. The maximum Gasteiger partial charge on any atom is 0.323 e. The Morgan fingerprint density at radius 2 is 2.22 bits per heavy atom. The van der Waals surface area contributed by atoms with Crippen LogP contribution in [0.2, 0.25) is 5.02 Å². The molecule has 0 saturated carbocycles. The SMILES string of the molecule is O=C(O)CNC(=O)Nc1nc2ccc(Cl)cc2s1. The number of hydrogen-bond donors (Lipinski definition) is 3. The number of benzene rings is 1. The molecule has 0 radical (unpaired) electrons. The quantitative estimate of drug-likeness (QED) is 0.806. The third-order valence-electron chi connectivity index (χ3n) is 1.97. The van der Waals surface area contributed by atoms with Gasteiger partial charge < -0.3 is 10.4 Å². The number of aliphatic carboxylic acids is 1. The van der Waals surface area contributed by atoms with E-state index in [0.29, 0.717) is 10.2 Å². The third kappa shape index (κ3) is 3.08. The maximum absolute atomic E-state index is 11.3. The normalized spacial score (nSPS) is 10.3. The standard InChI is InChI=1S/C10H8ClN3O3S/c11-5-1-2-6-7(3-5)18-10(13-6)14-9(17)12-4-8(15)16/h1-3H,4H2,(H,15,16)(H2,12,13,14,17). The average molecular weight is 286 g/mol. The zero-order chi connectivity index (χ0) is 13.1. The molecule has 2 amide bonds. The monoisotopic (exact) mass is 285 g/mol. The van der Waals surface area contributed by atoms with Crippen molar-refractivity contribution in [1.82, 2.24) is 10.3 Å². The summed E-state index contributed by atoms with van der Waals surface area (Å²) in [4.78, 5) is 25.7. The Balaban J connectivity index is 2.07. The first kappa shape index (κ1) is 12.6. The molecule has 0 fully saturated rings. The number of nitrogens with one attached hydrogen (secondary N) is 2. The molecule has 6 nitrogen and oxygen atoms in total. The van der Waals surface area contributed by atoms with Crippen molar-refractivity contribution >= 4 is 50.3 Å². The number of carboxylic acid groups (broad SMARTS) is 1. The molecule has 2 rings (SSSR count). The van der Waals surface area contributed by atoms with E-state index in [4.69, 9.17) is 16.7 Å². The number of fused-ring (bicyclic) bond motifs is 1. The minimum atomic E-state index is -1.11. The lowest BCUT2D eigenvalue weighted by atomic mass is 10.3. The highest BCUT2D eigenvalue weighted by molar-refractivity contribution is 7.22. The van der Waals surface area contributed by atoms with Crippen molar-refractivity contribution in [3.8, 4) is 0 Å². The van der Waals surface area contributed by atoms with E-state index in [-0.39, 0.29) is 0 Å². The second kappa shape index (κ2) is 5.19. The van der Waals surface area contributed by atoms with Crippen LogP contribution in [-0.2, 0) is 4.79 Å². The van der Waals surface area contributed by atoms with Crippen molar-refractivity contribution < 1.29 is 14.7 Å². The van der Waals surface area contributed by atoms with E-state index in [0.717, 1.165) is 10.2 Å². The molecule has 8 heteroatoms. The summed E-state index contributed by atoms with van der Waals surface area (Å²) < 4.78 is 0.844. The summed E-state index contributed by atoms with van der Waals surface area (Å²) in [5.41, 5.74) is 0.720. The lowest BCUT2D eigenvalue weighted by molar-refractivity contribution is -0.135. The molecule has 1 heterocycles. The fourth-order valence-corrected chi connectivity index (χ4v) is 2.39. The zero-order valence-electron chi connectivity index (χ0n) is 8.94. The topological polar surface area (TPSA) is 91.3 Å². The van der Waals surface area contributed by atoms with Crippen molar-refractivity contribution in [3.63, 3.8) is 0 Å². The van der Waals surface area contributed by atoms with Gasteiger partial charge in [-0.1, -0.05) is 22.9 Å². The second-order valence-corrected chi connectivity index (χ2v) is 4.80. The molecule has 18 heavy (non-hydrogen) atoms. The van der Waals surface area contributed by atoms with Gasteiger partial charge >= 0.3 is 12.0 Å². The molecule has 1 aromatic carbocycles. The van der Waals surface area contributed by atoms with E-state index in [2.05, 4.69) is 15.6 Å². The Labute approximate surface area is 111 Å². The van der Waals surface area contributed by atoms with Gasteiger partial charge in [-0.25, -0.2) is 9.78 Å². The first-order chi connectivity index (χ1) is 8.54. The fraction of sp³-hybridized carbons (Fsp3) is 0.100. The van der Waals surface area contributed by atoms with Crippen LogP contribution in [0.3, 0.4) is 0 Å². The molecule has 0 bridgehead atoms. The van der Waals surface area contributed by atoms with Crippen LogP contribution in [0.1, 0.15) is 0 Å². The molecule has 2 aromatic rings. The molecular weight excluding hydrogens is 278 g/mol. The predicted octanol–water partition coefficient (Wildman–Crippen LogP) is 2.16. The molecule has 0 aliphatic rings. The molecular formula is C10H8ClN3O3S. The highest BCUT2D eigenvalue weighted by Gasteiger charge is 2.08. The molecule has 0 atom stereocenters. The van der Waals surface area contributed by atoms with E-state index in [1.54, 1.807) is 18.2 Å². The van der Waals surface area contributed by atoms with Gasteiger partial charge in [-0.15, -0.1) is 0 Å². The first-order valence-corrected chi connectivity index (χ1v) is 6.07. The minimum absolute atomic E-state index is 0.384. The van der Waals surface area contributed by atoms with Crippen LogP contribution < -0.4 is 10.6 Å². The first-order valence-electron chi connectivity index (χ1n) is 4.87. The molecule has 0 aliphatic heterocycles. The van der Waals surface area contributed by atoms with Crippen LogP contribution >= 0.6 is 22.9 Å². The number of aromatic nitrogens is 1. The average Bonchev–Trinajstić information content (AvgIpc) is 2.67. The number of nitrogens with zero attached hydrogens (tertiary/aromatic N) is 1. The summed E-state index contributed by atoms with van der Waals surface area (Å²) in [5.74, 6) is -1.11. The van der Waals surface area contributed by atoms with Crippen LogP contribution in [0.5, 0.6) is 0 Å². The summed E-state index contributed by atoms with van der Waals surface area (Å²) in [6.45, 7) is -0.442. The highest BCUT2D eigenvalue weighted by atomic mass is 35.5. The van der Waals surface area contributed by atoms with E-state index >= 15 is 0 Å². The molecule has 0 saturated heterocycles. The van der Waals surface area contributed by atoms with Gasteiger partial charge in [-0.05, 0) is 18.2 Å². The van der Waals surface area contributed by atoms with Crippen molar-refractivity contribution in [3.05, 3.63) is 23.2 Å². The maximum atomic E-state index is 11.3. The van der Waals surface area contributed by atoms with Gasteiger partial charge in [0.2, 0.25) is 0 Å². The molecule has 94 valence electrons. The molecule has 0 spiro atoms.